The highest BCUT2D eigenvalue weighted by Gasteiger charge is 2.34. The maximum absolute atomic E-state index is 13.3. The van der Waals surface area contributed by atoms with Crippen molar-refractivity contribution >= 4 is 11.8 Å². The van der Waals surface area contributed by atoms with Crippen molar-refractivity contribution in [2.45, 2.75) is 75.5 Å². The summed E-state index contributed by atoms with van der Waals surface area (Å²) in [6, 6.07) is 8.21. The van der Waals surface area contributed by atoms with Gasteiger partial charge in [0, 0.05) is 61.5 Å². The van der Waals surface area contributed by atoms with E-state index in [9.17, 15) is 9.59 Å². The molecule has 1 aromatic rings. The molecular formula is C28H42N4O4. The Morgan fingerprint density at radius 3 is 1.53 bits per heavy atom. The molecule has 5 rings (SSSR count). The first-order chi connectivity index (χ1) is 17.7. The Morgan fingerprint density at radius 1 is 0.667 bits per heavy atom. The normalized spacial score (nSPS) is 30.4. The van der Waals surface area contributed by atoms with Crippen LogP contribution >= 0.6 is 0 Å². The summed E-state index contributed by atoms with van der Waals surface area (Å²) in [6.07, 6.45) is 8.91. The number of carbonyl (C=O) groups excluding carboxylic acids is 2. The predicted molar refractivity (Wildman–Crippen MR) is 138 cm³/mol. The molecule has 2 heterocycles. The fourth-order valence-electron chi connectivity index (χ4n) is 6.56. The van der Waals surface area contributed by atoms with Crippen LogP contribution in [0.3, 0.4) is 0 Å². The zero-order chi connectivity index (χ0) is 24.7. The van der Waals surface area contributed by atoms with Crippen LogP contribution in [0, 0.1) is 0 Å². The summed E-state index contributed by atoms with van der Waals surface area (Å²) in [4.78, 5) is 31.5. The highest BCUT2D eigenvalue weighted by Crippen LogP contribution is 2.26. The first-order valence-corrected chi connectivity index (χ1v) is 14.0. The van der Waals surface area contributed by atoms with Gasteiger partial charge in [0.1, 0.15) is 0 Å². The quantitative estimate of drug-likeness (QED) is 0.627. The van der Waals surface area contributed by atoms with E-state index in [1.807, 2.05) is 18.2 Å². The van der Waals surface area contributed by atoms with Crippen LogP contribution in [0.5, 0.6) is 0 Å². The van der Waals surface area contributed by atoms with Crippen molar-refractivity contribution in [3.63, 3.8) is 0 Å². The lowest BCUT2D eigenvalue weighted by Gasteiger charge is -2.42. The van der Waals surface area contributed by atoms with Crippen LogP contribution in [0.2, 0.25) is 0 Å². The molecule has 4 aliphatic rings. The van der Waals surface area contributed by atoms with Gasteiger partial charge in [-0.3, -0.25) is 19.4 Å². The zero-order valence-electron chi connectivity index (χ0n) is 21.5. The van der Waals surface area contributed by atoms with Crippen molar-refractivity contribution in [1.82, 2.24) is 20.4 Å². The third-order valence-electron chi connectivity index (χ3n) is 8.51. The summed E-state index contributed by atoms with van der Waals surface area (Å²) in [7, 11) is 0. The molecule has 8 nitrogen and oxygen atoms in total. The predicted octanol–water partition coefficient (Wildman–Crippen LogP) is 2.43. The fraction of sp³-hybridized carbons (Fsp3) is 0.714. The van der Waals surface area contributed by atoms with E-state index < -0.39 is 0 Å². The maximum Gasteiger partial charge on any atom is 0.251 e. The average Bonchev–Trinajstić information content (AvgIpc) is 2.94. The minimum absolute atomic E-state index is 0.0846. The number of rotatable bonds is 6. The Labute approximate surface area is 215 Å². The van der Waals surface area contributed by atoms with Crippen LogP contribution in [-0.4, -0.2) is 98.4 Å². The Morgan fingerprint density at radius 2 is 1.08 bits per heavy atom. The molecule has 2 saturated heterocycles. The number of hydrogen-bond donors (Lipinski definition) is 2. The van der Waals surface area contributed by atoms with Gasteiger partial charge in [-0.05, 0) is 43.9 Å². The molecule has 2 aliphatic heterocycles. The van der Waals surface area contributed by atoms with E-state index in [2.05, 4.69) is 20.4 Å². The molecule has 0 spiro atoms. The molecule has 4 fully saturated rings. The van der Waals surface area contributed by atoms with Gasteiger partial charge in [-0.15, -0.1) is 0 Å². The fourth-order valence-corrected chi connectivity index (χ4v) is 6.56. The highest BCUT2D eigenvalue weighted by atomic mass is 16.5. The minimum atomic E-state index is -0.0846. The second-order valence-electron chi connectivity index (χ2n) is 10.7. The molecule has 2 saturated carbocycles. The van der Waals surface area contributed by atoms with Crippen LogP contribution in [0.15, 0.2) is 24.3 Å². The largest absolute Gasteiger partial charge is 0.379 e. The van der Waals surface area contributed by atoms with E-state index in [4.69, 9.17) is 9.47 Å². The number of hydrogen-bond acceptors (Lipinski definition) is 6. The molecule has 0 bridgehead atoms. The van der Waals surface area contributed by atoms with Gasteiger partial charge in [-0.25, -0.2) is 0 Å². The number of benzene rings is 1. The van der Waals surface area contributed by atoms with Gasteiger partial charge < -0.3 is 20.1 Å². The number of carbonyl (C=O) groups is 2. The third-order valence-corrected chi connectivity index (χ3v) is 8.51. The van der Waals surface area contributed by atoms with Crippen molar-refractivity contribution in [3.8, 4) is 0 Å². The summed E-state index contributed by atoms with van der Waals surface area (Å²) < 4.78 is 11.1. The molecule has 4 atom stereocenters. The molecule has 36 heavy (non-hydrogen) atoms. The third kappa shape index (κ3) is 6.28. The van der Waals surface area contributed by atoms with Gasteiger partial charge in [-0.2, -0.15) is 0 Å². The van der Waals surface area contributed by atoms with Crippen molar-refractivity contribution in [2.75, 3.05) is 52.6 Å². The molecule has 0 unspecified atom stereocenters. The number of morpholine rings is 2. The molecule has 2 aliphatic carbocycles. The summed E-state index contributed by atoms with van der Waals surface area (Å²) >= 11 is 0. The molecular weight excluding hydrogens is 456 g/mol. The Kier molecular flexibility index (Phi) is 8.90. The molecule has 198 valence electrons. The maximum atomic E-state index is 13.3. The first kappa shape index (κ1) is 25.6. The summed E-state index contributed by atoms with van der Waals surface area (Å²) in [5, 5.41) is 6.62. The molecule has 8 heteroatoms. The van der Waals surface area contributed by atoms with Crippen LogP contribution < -0.4 is 10.6 Å². The van der Waals surface area contributed by atoms with Gasteiger partial charge >= 0.3 is 0 Å². The summed E-state index contributed by atoms with van der Waals surface area (Å²) in [5.41, 5.74) is 1.12. The Bertz CT molecular complexity index is 817. The van der Waals surface area contributed by atoms with Gasteiger partial charge in [0.15, 0.2) is 0 Å². The smallest absolute Gasteiger partial charge is 0.251 e. The van der Waals surface area contributed by atoms with Crippen LogP contribution in [0.25, 0.3) is 0 Å². The van der Waals surface area contributed by atoms with E-state index in [-0.39, 0.29) is 23.9 Å². The molecule has 1 aromatic carbocycles. The SMILES string of the molecule is O=C(N[C@@H]1CCCC[C@H]1N1CCOCC1)c1cccc(C(=O)N[C@@H]2CCCC[C@H]2N2CCOCC2)c1. The van der Waals surface area contributed by atoms with Crippen LogP contribution in [0.1, 0.15) is 72.1 Å². The molecule has 2 amide bonds. The lowest BCUT2D eigenvalue weighted by molar-refractivity contribution is 0.0000645. The standard InChI is InChI=1S/C28H42N4O4/c33-27(29-23-8-1-3-10-25(23)31-12-16-35-17-13-31)21-6-5-7-22(20-21)28(34)30-24-9-2-4-11-26(24)32-14-18-36-19-15-32/h5-7,20,23-26H,1-4,8-19H2,(H,29,33)(H,30,34)/t23-,24-,25-,26-/m1/s1. The number of ether oxygens (including phenoxy) is 2. The van der Waals surface area contributed by atoms with E-state index in [1.54, 1.807) is 6.07 Å². The van der Waals surface area contributed by atoms with E-state index in [1.165, 1.54) is 12.8 Å². The highest BCUT2D eigenvalue weighted by molar-refractivity contribution is 5.99. The van der Waals surface area contributed by atoms with Crippen molar-refractivity contribution in [2.24, 2.45) is 0 Å². The lowest BCUT2D eigenvalue weighted by atomic mass is 9.88. The Balaban J connectivity index is 1.22. The second-order valence-corrected chi connectivity index (χ2v) is 10.7. The lowest BCUT2D eigenvalue weighted by Crippen LogP contribution is -2.56. The molecule has 0 aromatic heterocycles. The number of amides is 2. The van der Waals surface area contributed by atoms with Crippen molar-refractivity contribution in [3.05, 3.63) is 35.4 Å². The zero-order valence-corrected chi connectivity index (χ0v) is 21.5. The number of nitrogens with zero attached hydrogens (tertiary/aromatic N) is 2. The molecule has 0 radical (unpaired) electrons. The first-order valence-electron chi connectivity index (χ1n) is 14.0. The summed E-state index contributed by atoms with van der Waals surface area (Å²) in [5.74, 6) is -0.169. The minimum Gasteiger partial charge on any atom is -0.379 e. The van der Waals surface area contributed by atoms with Gasteiger partial charge in [0.25, 0.3) is 11.8 Å². The van der Waals surface area contributed by atoms with Crippen LogP contribution in [0.4, 0.5) is 0 Å². The van der Waals surface area contributed by atoms with Crippen molar-refractivity contribution in [1.29, 1.82) is 0 Å². The van der Waals surface area contributed by atoms with Gasteiger partial charge in [0.05, 0.1) is 26.4 Å². The van der Waals surface area contributed by atoms with E-state index in [0.717, 1.165) is 91.1 Å². The topological polar surface area (TPSA) is 83.1 Å². The van der Waals surface area contributed by atoms with Gasteiger partial charge in [0.2, 0.25) is 0 Å². The molecule has 2 N–H and O–H groups in total. The number of nitrogens with one attached hydrogen (secondary N) is 2. The Hall–Kier alpha value is -2.00. The van der Waals surface area contributed by atoms with Gasteiger partial charge in [-0.1, -0.05) is 31.7 Å². The van der Waals surface area contributed by atoms with E-state index >= 15 is 0 Å². The average molecular weight is 499 g/mol. The summed E-state index contributed by atoms with van der Waals surface area (Å²) in [6.45, 7) is 6.78. The second kappa shape index (κ2) is 12.5. The van der Waals surface area contributed by atoms with Crippen LogP contribution in [-0.2, 0) is 9.47 Å². The van der Waals surface area contributed by atoms with E-state index in [0.29, 0.717) is 23.2 Å². The van der Waals surface area contributed by atoms with Crippen molar-refractivity contribution < 1.29 is 19.1 Å². The monoisotopic (exact) mass is 498 g/mol.